The van der Waals surface area contributed by atoms with Crippen molar-refractivity contribution in [3.63, 3.8) is 0 Å². The molecule has 148 valence electrons. The van der Waals surface area contributed by atoms with Gasteiger partial charge >= 0.3 is 0 Å². The highest BCUT2D eigenvalue weighted by molar-refractivity contribution is 6.23. The fourth-order valence-corrected chi connectivity index (χ4v) is 3.83. The maximum absolute atomic E-state index is 14.5. The zero-order valence-electron chi connectivity index (χ0n) is 15.1. The molecule has 9 heteroatoms. The molecule has 2 saturated heterocycles. The molecule has 0 spiro atoms. The summed E-state index contributed by atoms with van der Waals surface area (Å²) in [7, 11) is 0. The number of rotatable bonds is 4. The molecule has 1 atom stereocenters. The van der Waals surface area contributed by atoms with Crippen LogP contribution >= 0.6 is 0 Å². The summed E-state index contributed by atoms with van der Waals surface area (Å²) in [5.74, 6) is -2.78. The van der Waals surface area contributed by atoms with Crippen molar-refractivity contribution >= 4 is 29.3 Å². The van der Waals surface area contributed by atoms with E-state index >= 15 is 0 Å². The Morgan fingerprint density at radius 2 is 1.75 bits per heavy atom. The first-order valence-electron chi connectivity index (χ1n) is 9.32. The second-order valence-electron chi connectivity index (χ2n) is 7.26. The van der Waals surface area contributed by atoms with Gasteiger partial charge in [0.05, 0.1) is 16.8 Å². The van der Waals surface area contributed by atoms with Crippen molar-refractivity contribution in [3.05, 3.63) is 29.1 Å². The Morgan fingerprint density at radius 1 is 1.07 bits per heavy atom. The molecule has 2 fully saturated rings. The lowest BCUT2D eigenvalue weighted by molar-refractivity contribution is -0.136. The lowest BCUT2D eigenvalue weighted by Crippen LogP contribution is -2.54. The molecule has 0 radical (unpaired) electrons. The summed E-state index contributed by atoms with van der Waals surface area (Å²) in [6, 6.07) is 1.30. The first-order chi connectivity index (χ1) is 13.5. The molecule has 8 nitrogen and oxygen atoms in total. The van der Waals surface area contributed by atoms with Crippen LogP contribution < -0.4 is 10.6 Å². The molecule has 0 bridgehead atoms. The van der Waals surface area contributed by atoms with E-state index in [0.29, 0.717) is 25.7 Å². The smallest absolute Gasteiger partial charge is 0.262 e. The van der Waals surface area contributed by atoms with E-state index in [1.54, 1.807) is 0 Å². The van der Waals surface area contributed by atoms with E-state index in [9.17, 15) is 23.6 Å². The van der Waals surface area contributed by atoms with E-state index in [4.69, 9.17) is 4.74 Å². The number of anilines is 1. The fourth-order valence-electron chi connectivity index (χ4n) is 3.83. The predicted octanol–water partition coefficient (Wildman–Crippen LogP) is 1.07. The molecule has 1 aromatic carbocycles. The third kappa shape index (κ3) is 3.26. The van der Waals surface area contributed by atoms with Gasteiger partial charge in [0.2, 0.25) is 11.8 Å². The molecule has 2 N–H and O–H groups in total. The van der Waals surface area contributed by atoms with E-state index in [2.05, 4.69) is 10.6 Å². The first kappa shape index (κ1) is 18.5. The minimum absolute atomic E-state index is 0.0378. The number of hydrogen-bond donors (Lipinski definition) is 2. The maximum Gasteiger partial charge on any atom is 0.262 e. The van der Waals surface area contributed by atoms with Gasteiger partial charge in [0.25, 0.3) is 11.8 Å². The minimum Gasteiger partial charge on any atom is -0.382 e. The van der Waals surface area contributed by atoms with E-state index in [1.165, 1.54) is 6.07 Å². The lowest BCUT2D eigenvalue weighted by atomic mass is 10.00. The standard InChI is InChI=1S/C19H20FN3O5/c20-13-7-11-12(8-14(13)21-9-10-3-5-28-6-4-10)19(27)23(18(11)26)15-1-2-16(24)22-17(15)25/h7-8,10,15,21H,1-6,9H2,(H,22,24,25). The Kier molecular flexibility index (Phi) is 4.84. The van der Waals surface area contributed by atoms with E-state index in [-0.39, 0.29) is 29.7 Å². The Labute approximate surface area is 160 Å². The number of nitrogens with zero attached hydrogens (tertiary/aromatic N) is 1. The van der Waals surface area contributed by atoms with Crippen LogP contribution in [-0.4, -0.2) is 54.3 Å². The van der Waals surface area contributed by atoms with Gasteiger partial charge in [-0.05, 0) is 37.3 Å². The molecule has 1 unspecified atom stereocenters. The van der Waals surface area contributed by atoms with Gasteiger partial charge in [0.1, 0.15) is 11.9 Å². The Morgan fingerprint density at radius 3 is 2.43 bits per heavy atom. The van der Waals surface area contributed by atoms with Crippen molar-refractivity contribution in [1.82, 2.24) is 10.2 Å². The number of nitrogens with one attached hydrogen (secondary N) is 2. The van der Waals surface area contributed by atoms with Crippen molar-refractivity contribution in [2.75, 3.05) is 25.1 Å². The van der Waals surface area contributed by atoms with E-state index in [1.807, 2.05) is 0 Å². The van der Waals surface area contributed by atoms with E-state index in [0.717, 1.165) is 23.8 Å². The van der Waals surface area contributed by atoms with Crippen molar-refractivity contribution in [3.8, 4) is 0 Å². The highest BCUT2D eigenvalue weighted by Gasteiger charge is 2.45. The van der Waals surface area contributed by atoms with Crippen molar-refractivity contribution in [2.24, 2.45) is 5.92 Å². The maximum atomic E-state index is 14.5. The number of hydrogen-bond acceptors (Lipinski definition) is 6. The number of fused-ring (bicyclic) bond motifs is 1. The Bertz CT molecular complexity index is 865. The molecule has 0 saturated carbocycles. The van der Waals surface area contributed by atoms with Gasteiger partial charge < -0.3 is 10.1 Å². The third-order valence-corrected chi connectivity index (χ3v) is 5.45. The lowest BCUT2D eigenvalue weighted by Gasteiger charge is -2.27. The summed E-state index contributed by atoms with van der Waals surface area (Å²) in [5, 5.41) is 5.15. The summed E-state index contributed by atoms with van der Waals surface area (Å²) in [6.07, 6.45) is 1.85. The normalized spacial score (nSPS) is 23.0. The summed E-state index contributed by atoms with van der Waals surface area (Å²) < 4.78 is 19.8. The van der Waals surface area contributed by atoms with Crippen molar-refractivity contribution < 1.29 is 28.3 Å². The van der Waals surface area contributed by atoms with Crippen LogP contribution in [0.25, 0.3) is 0 Å². The Hall–Kier alpha value is -2.81. The largest absolute Gasteiger partial charge is 0.382 e. The van der Waals surface area contributed by atoms with E-state index < -0.39 is 35.5 Å². The third-order valence-electron chi connectivity index (χ3n) is 5.45. The molecular weight excluding hydrogens is 369 g/mol. The molecule has 4 amide bonds. The summed E-state index contributed by atoms with van der Waals surface area (Å²) in [5.41, 5.74) is 0.144. The van der Waals surface area contributed by atoms with Crippen LogP contribution in [0.5, 0.6) is 0 Å². The number of carbonyl (C=O) groups is 4. The number of halogens is 1. The molecule has 3 heterocycles. The van der Waals surface area contributed by atoms with Crippen LogP contribution in [0.2, 0.25) is 0 Å². The number of ether oxygens (including phenoxy) is 1. The topological polar surface area (TPSA) is 105 Å². The van der Waals surface area contributed by atoms with Gasteiger partial charge in [0.15, 0.2) is 0 Å². The predicted molar refractivity (Wildman–Crippen MR) is 95.1 cm³/mol. The number of carbonyl (C=O) groups excluding carboxylic acids is 4. The van der Waals surface area contributed by atoms with Crippen LogP contribution in [0, 0.1) is 11.7 Å². The van der Waals surface area contributed by atoms with Crippen LogP contribution in [0.3, 0.4) is 0 Å². The number of amides is 4. The second-order valence-corrected chi connectivity index (χ2v) is 7.26. The molecule has 1 aromatic rings. The summed E-state index contributed by atoms with van der Waals surface area (Å²) in [4.78, 5) is 49.6. The average molecular weight is 389 g/mol. The van der Waals surface area contributed by atoms with Crippen molar-refractivity contribution in [2.45, 2.75) is 31.7 Å². The molecule has 4 rings (SSSR count). The highest BCUT2D eigenvalue weighted by atomic mass is 19.1. The molecule has 28 heavy (non-hydrogen) atoms. The molecule has 0 aliphatic carbocycles. The van der Waals surface area contributed by atoms with Crippen LogP contribution in [0.1, 0.15) is 46.4 Å². The molecule has 3 aliphatic rings. The van der Waals surface area contributed by atoms with Crippen LogP contribution in [0.15, 0.2) is 12.1 Å². The number of piperidine rings is 1. The Balaban J connectivity index is 1.54. The summed E-state index contributed by atoms with van der Waals surface area (Å²) in [6.45, 7) is 1.89. The van der Waals surface area contributed by atoms with Gasteiger partial charge in [-0.15, -0.1) is 0 Å². The first-order valence-corrected chi connectivity index (χ1v) is 9.32. The molecule has 3 aliphatic heterocycles. The highest BCUT2D eigenvalue weighted by Crippen LogP contribution is 2.31. The monoisotopic (exact) mass is 389 g/mol. The molecule has 0 aromatic heterocycles. The minimum atomic E-state index is -1.06. The van der Waals surface area contributed by atoms with Crippen LogP contribution in [0.4, 0.5) is 10.1 Å². The van der Waals surface area contributed by atoms with Gasteiger partial charge in [-0.3, -0.25) is 29.4 Å². The fraction of sp³-hybridized carbons (Fsp3) is 0.474. The van der Waals surface area contributed by atoms with Gasteiger partial charge in [-0.2, -0.15) is 0 Å². The summed E-state index contributed by atoms with van der Waals surface area (Å²) >= 11 is 0. The number of benzene rings is 1. The number of imide groups is 2. The SMILES string of the molecule is O=C1CCC(N2C(=O)c3cc(F)c(NCC4CCOCC4)cc3C2=O)C(=O)N1. The van der Waals surface area contributed by atoms with Gasteiger partial charge in [-0.1, -0.05) is 0 Å². The average Bonchev–Trinajstić information content (AvgIpc) is 2.91. The second kappa shape index (κ2) is 7.31. The zero-order valence-corrected chi connectivity index (χ0v) is 15.1. The van der Waals surface area contributed by atoms with Gasteiger partial charge in [0, 0.05) is 26.2 Å². The van der Waals surface area contributed by atoms with Crippen molar-refractivity contribution in [1.29, 1.82) is 0 Å². The van der Waals surface area contributed by atoms with Gasteiger partial charge in [-0.25, -0.2) is 4.39 Å². The quantitative estimate of drug-likeness (QED) is 0.747. The molecular formula is C19H20FN3O5. The zero-order chi connectivity index (χ0) is 19.8. The van der Waals surface area contributed by atoms with Crippen LogP contribution in [-0.2, 0) is 14.3 Å².